The molecule has 0 amide bonds. The predicted molar refractivity (Wildman–Crippen MR) is 63.6 cm³/mol. The van der Waals surface area contributed by atoms with E-state index in [4.69, 9.17) is 5.11 Å². The third-order valence-electron chi connectivity index (χ3n) is 2.12. The highest BCUT2D eigenvalue weighted by Gasteiger charge is 2.13. The minimum atomic E-state index is -2.49. The van der Waals surface area contributed by atoms with Crippen LogP contribution in [0.1, 0.15) is 6.92 Å². The van der Waals surface area contributed by atoms with Crippen LogP contribution in [0.5, 0.6) is 0 Å². The SMILES string of the molecule is CC(CNc1ccccc1SC(F)F)C(=O)O. The molecule has 0 saturated carbocycles. The monoisotopic (exact) mass is 261 g/mol. The zero-order valence-corrected chi connectivity index (χ0v) is 10.0. The van der Waals surface area contributed by atoms with Crippen LogP contribution in [0, 0.1) is 5.92 Å². The van der Waals surface area contributed by atoms with Gasteiger partial charge in [-0.2, -0.15) is 8.78 Å². The maximum absolute atomic E-state index is 12.3. The third-order valence-corrected chi connectivity index (χ3v) is 2.91. The molecule has 17 heavy (non-hydrogen) atoms. The lowest BCUT2D eigenvalue weighted by Crippen LogP contribution is -2.19. The molecule has 1 unspecified atom stereocenters. The Morgan fingerprint density at radius 2 is 2.12 bits per heavy atom. The van der Waals surface area contributed by atoms with Gasteiger partial charge in [0.1, 0.15) is 0 Å². The van der Waals surface area contributed by atoms with Crippen LogP contribution < -0.4 is 5.32 Å². The van der Waals surface area contributed by atoms with Crippen LogP contribution in [-0.4, -0.2) is 23.4 Å². The molecule has 0 saturated heterocycles. The highest BCUT2D eigenvalue weighted by atomic mass is 32.2. The lowest BCUT2D eigenvalue weighted by atomic mass is 10.2. The molecule has 1 aromatic carbocycles. The van der Waals surface area contributed by atoms with Crippen LogP contribution in [-0.2, 0) is 4.79 Å². The number of thioether (sulfide) groups is 1. The van der Waals surface area contributed by atoms with Crippen molar-refractivity contribution in [2.24, 2.45) is 5.92 Å². The first kappa shape index (κ1) is 13.8. The van der Waals surface area contributed by atoms with Crippen molar-refractivity contribution in [2.75, 3.05) is 11.9 Å². The Balaban J connectivity index is 2.66. The molecular formula is C11H13F2NO2S. The normalized spacial score (nSPS) is 12.5. The van der Waals surface area contributed by atoms with Gasteiger partial charge in [-0.3, -0.25) is 4.79 Å². The molecule has 0 aliphatic rings. The molecule has 0 fully saturated rings. The summed E-state index contributed by atoms with van der Waals surface area (Å²) in [5, 5.41) is 11.6. The fourth-order valence-electron chi connectivity index (χ4n) is 1.16. The van der Waals surface area contributed by atoms with Crippen LogP contribution in [0.4, 0.5) is 14.5 Å². The number of hydrogen-bond acceptors (Lipinski definition) is 3. The molecule has 6 heteroatoms. The molecule has 2 N–H and O–H groups in total. The molecule has 0 aromatic heterocycles. The van der Waals surface area contributed by atoms with Crippen LogP contribution in [0.25, 0.3) is 0 Å². The van der Waals surface area contributed by atoms with Gasteiger partial charge in [0.2, 0.25) is 0 Å². The van der Waals surface area contributed by atoms with E-state index in [0.717, 1.165) is 0 Å². The first-order chi connectivity index (χ1) is 8.00. The molecule has 0 radical (unpaired) electrons. The molecule has 3 nitrogen and oxygen atoms in total. The lowest BCUT2D eigenvalue weighted by molar-refractivity contribution is -0.140. The topological polar surface area (TPSA) is 49.3 Å². The van der Waals surface area contributed by atoms with Gasteiger partial charge in [0.05, 0.1) is 5.92 Å². The zero-order chi connectivity index (χ0) is 12.8. The number of rotatable bonds is 6. The quantitative estimate of drug-likeness (QED) is 0.772. The van der Waals surface area contributed by atoms with E-state index in [-0.39, 0.29) is 6.54 Å². The van der Waals surface area contributed by atoms with E-state index in [1.807, 2.05) is 0 Å². The fourth-order valence-corrected chi connectivity index (χ4v) is 1.78. The molecule has 1 atom stereocenters. The van der Waals surface area contributed by atoms with Crippen molar-refractivity contribution >= 4 is 23.4 Å². The fraction of sp³-hybridized carbons (Fsp3) is 0.364. The minimum absolute atomic E-state index is 0.205. The Bertz CT molecular complexity index is 387. The Labute approximate surface area is 102 Å². The largest absolute Gasteiger partial charge is 0.481 e. The summed E-state index contributed by atoms with van der Waals surface area (Å²) in [5.41, 5.74) is 0.533. The zero-order valence-electron chi connectivity index (χ0n) is 9.19. The smallest absolute Gasteiger partial charge is 0.308 e. The second kappa shape index (κ2) is 6.44. The van der Waals surface area contributed by atoms with Gasteiger partial charge < -0.3 is 10.4 Å². The van der Waals surface area contributed by atoms with Gasteiger partial charge in [-0.15, -0.1) is 0 Å². The van der Waals surface area contributed by atoms with Crippen molar-refractivity contribution in [1.29, 1.82) is 0 Å². The number of carbonyl (C=O) groups is 1. The second-order valence-corrected chi connectivity index (χ2v) is 4.53. The van der Waals surface area contributed by atoms with Gasteiger partial charge >= 0.3 is 5.97 Å². The van der Waals surface area contributed by atoms with E-state index in [9.17, 15) is 13.6 Å². The predicted octanol–water partition coefficient (Wildman–Crippen LogP) is 3.13. The molecule has 1 rings (SSSR count). The average molecular weight is 261 g/mol. The van der Waals surface area contributed by atoms with Crippen molar-refractivity contribution in [3.63, 3.8) is 0 Å². The Hall–Kier alpha value is -1.30. The average Bonchev–Trinajstić information content (AvgIpc) is 2.26. The van der Waals surface area contributed by atoms with E-state index in [1.54, 1.807) is 31.2 Å². The standard InChI is InChI=1S/C11H13F2NO2S/c1-7(10(15)16)6-14-8-4-2-3-5-9(8)17-11(12)13/h2-5,7,11,14H,6H2,1H3,(H,15,16). The first-order valence-electron chi connectivity index (χ1n) is 5.01. The lowest BCUT2D eigenvalue weighted by Gasteiger charge is -2.13. The van der Waals surface area contributed by atoms with E-state index in [1.165, 1.54) is 0 Å². The summed E-state index contributed by atoms with van der Waals surface area (Å²) in [6, 6.07) is 6.60. The van der Waals surface area contributed by atoms with Crippen molar-refractivity contribution < 1.29 is 18.7 Å². The molecule has 0 aliphatic carbocycles. The number of benzene rings is 1. The van der Waals surface area contributed by atoms with Crippen LogP contribution in [0.2, 0.25) is 0 Å². The second-order valence-electron chi connectivity index (χ2n) is 3.49. The van der Waals surface area contributed by atoms with Gasteiger partial charge in [0.15, 0.2) is 0 Å². The molecule has 1 aromatic rings. The number of carboxylic acids is 1. The number of carboxylic acid groups (broad SMARTS) is 1. The summed E-state index contributed by atoms with van der Waals surface area (Å²) >= 11 is 0.442. The van der Waals surface area contributed by atoms with Gasteiger partial charge in [-0.25, -0.2) is 0 Å². The minimum Gasteiger partial charge on any atom is -0.481 e. The van der Waals surface area contributed by atoms with Crippen molar-refractivity contribution in [1.82, 2.24) is 0 Å². The Morgan fingerprint density at radius 1 is 1.47 bits per heavy atom. The molecule has 0 aliphatic heterocycles. The number of alkyl halides is 2. The Kier molecular flexibility index (Phi) is 5.21. The number of para-hydroxylation sites is 1. The van der Waals surface area contributed by atoms with E-state index >= 15 is 0 Å². The molecular weight excluding hydrogens is 248 g/mol. The summed E-state index contributed by atoms with van der Waals surface area (Å²) in [7, 11) is 0. The van der Waals surface area contributed by atoms with Crippen LogP contribution in [0.3, 0.4) is 0 Å². The maximum Gasteiger partial charge on any atom is 0.308 e. The molecule has 0 spiro atoms. The number of aliphatic carboxylic acids is 1. The molecule has 94 valence electrons. The highest BCUT2D eigenvalue weighted by Crippen LogP contribution is 2.31. The first-order valence-corrected chi connectivity index (χ1v) is 5.89. The number of halogens is 2. The summed E-state index contributed by atoms with van der Waals surface area (Å²) in [6.45, 7) is 1.76. The van der Waals surface area contributed by atoms with Crippen molar-refractivity contribution in [3.8, 4) is 0 Å². The number of hydrogen-bond donors (Lipinski definition) is 2. The summed E-state index contributed by atoms with van der Waals surface area (Å²) in [4.78, 5) is 11.0. The van der Waals surface area contributed by atoms with Gasteiger partial charge in [0.25, 0.3) is 5.76 Å². The van der Waals surface area contributed by atoms with E-state index in [2.05, 4.69) is 5.32 Å². The van der Waals surface area contributed by atoms with Gasteiger partial charge in [-0.1, -0.05) is 30.8 Å². The summed E-state index contributed by atoms with van der Waals surface area (Å²) < 4.78 is 24.5. The Morgan fingerprint density at radius 3 is 2.71 bits per heavy atom. The van der Waals surface area contributed by atoms with Crippen molar-refractivity contribution in [3.05, 3.63) is 24.3 Å². The van der Waals surface area contributed by atoms with E-state index < -0.39 is 17.6 Å². The molecule has 0 bridgehead atoms. The number of anilines is 1. The summed E-state index contributed by atoms with van der Waals surface area (Å²) in [5.74, 6) is -3.98. The van der Waals surface area contributed by atoms with E-state index in [0.29, 0.717) is 22.3 Å². The highest BCUT2D eigenvalue weighted by molar-refractivity contribution is 7.99. The van der Waals surface area contributed by atoms with Crippen molar-refractivity contribution in [2.45, 2.75) is 17.6 Å². The molecule has 0 heterocycles. The number of nitrogens with one attached hydrogen (secondary N) is 1. The van der Waals surface area contributed by atoms with Crippen LogP contribution in [0.15, 0.2) is 29.2 Å². The van der Waals surface area contributed by atoms with Crippen LogP contribution >= 0.6 is 11.8 Å². The summed E-state index contributed by atoms with van der Waals surface area (Å²) in [6.07, 6.45) is 0. The van der Waals surface area contributed by atoms with Gasteiger partial charge in [-0.05, 0) is 12.1 Å². The third kappa shape index (κ3) is 4.60. The van der Waals surface area contributed by atoms with Gasteiger partial charge in [0, 0.05) is 17.1 Å². The maximum atomic E-state index is 12.3.